The van der Waals surface area contributed by atoms with E-state index in [0.29, 0.717) is 58.2 Å². The standard InChI is InChI=1S/C40H47F3N4O3/c41-40(42,43)28-45-38(50)39(33-17-7-5-15-31(33)32-16-6-8-18-34(32)39)22-10-2-11-23-44-36(48)30-20-25-46(26-21-30)37(49)35-19-9-12-24-47(35)27-29-13-3-1-4-14-29/h1,3-8,13-18,30,35H,2,9-12,19-28H2,(H,44,48)(H,45,50). The van der Waals surface area contributed by atoms with Crippen molar-refractivity contribution < 1.29 is 27.6 Å². The zero-order valence-corrected chi connectivity index (χ0v) is 28.5. The summed E-state index contributed by atoms with van der Waals surface area (Å²) < 4.78 is 39.5. The largest absolute Gasteiger partial charge is 0.405 e. The highest BCUT2D eigenvalue weighted by atomic mass is 19.4. The molecule has 2 N–H and O–H groups in total. The molecule has 2 saturated heterocycles. The van der Waals surface area contributed by atoms with Crippen molar-refractivity contribution in [3.63, 3.8) is 0 Å². The Labute approximate surface area is 292 Å². The van der Waals surface area contributed by atoms with Gasteiger partial charge in [0.1, 0.15) is 12.0 Å². The van der Waals surface area contributed by atoms with Crippen LogP contribution in [0.15, 0.2) is 78.9 Å². The number of alkyl halides is 3. The SMILES string of the molecule is O=C(NCCCCCC1(C(=O)NCC(F)(F)F)c2ccccc2-c2ccccc21)C1CCN(C(=O)C2CCCCN2Cc2ccccc2)CC1. The molecule has 3 aliphatic rings. The van der Waals surface area contributed by atoms with Crippen molar-refractivity contribution >= 4 is 17.7 Å². The van der Waals surface area contributed by atoms with E-state index < -0.39 is 24.0 Å². The van der Waals surface area contributed by atoms with Gasteiger partial charge in [-0.3, -0.25) is 19.3 Å². The van der Waals surface area contributed by atoms with Gasteiger partial charge >= 0.3 is 6.18 Å². The molecule has 3 aromatic carbocycles. The van der Waals surface area contributed by atoms with Gasteiger partial charge in [0.25, 0.3) is 0 Å². The quantitative estimate of drug-likeness (QED) is 0.210. The minimum atomic E-state index is -4.52. The Morgan fingerprint density at radius 2 is 1.38 bits per heavy atom. The summed E-state index contributed by atoms with van der Waals surface area (Å²) >= 11 is 0. The van der Waals surface area contributed by atoms with Crippen molar-refractivity contribution in [2.24, 2.45) is 5.92 Å². The van der Waals surface area contributed by atoms with Crippen LogP contribution >= 0.6 is 0 Å². The topological polar surface area (TPSA) is 81.8 Å². The molecule has 0 aromatic heterocycles. The van der Waals surface area contributed by atoms with Crippen LogP contribution in [0.3, 0.4) is 0 Å². The number of likely N-dealkylation sites (tertiary alicyclic amines) is 2. The van der Waals surface area contributed by atoms with Crippen LogP contribution in [0, 0.1) is 5.92 Å². The summed E-state index contributed by atoms with van der Waals surface area (Å²) in [4.78, 5) is 44.6. The van der Waals surface area contributed by atoms with Crippen molar-refractivity contribution in [3.8, 4) is 11.1 Å². The Kier molecular flexibility index (Phi) is 11.3. The number of carbonyl (C=O) groups excluding carboxylic acids is 3. The molecule has 0 bridgehead atoms. The third-order valence-corrected chi connectivity index (χ3v) is 10.7. The van der Waals surface area contributed by atoms with Crippen LogP contribution in [0.5, 0.6) is 0 Å². The lowest BCUT2D eigenvalue weighted by Gasteiger charge is -2.40. The fraction of sp³-hybridized carbons (Fsp3) is 0.475. The van der Waals surface area contributed by atoms with Gasteiger partial charge in [-0.15, -0.1) is 0 Å². The number of amides is 3. The monoisotopic (exact) mass is 688 g/mol. The molecule has 2 aliphatic heterocycles. The third-order valence-electron chi connectivity index (χ3n) is 10.7. The Balaban J connectivity index is 0.979. The van der Waals surface area contributed by atoms with E-state index in [0.717, 1.165) is 54.6 Å². The van der Waals surface area contributed by atoms with E-state index in [9.17, 15) is 27.6 Å². The number of fused-ring (bicyclic) bond motifs is 3. The summed E-state index contributed by atoms with van der Waals surface area (Å²) in [6, 6.07) is 25.1. The number of unbranched alkanes of at least 4 members (excludes halogenated alkanes) is 2. The van der Waals surface area contributed by atoms with Crippen molar-refractivity contribution in [2.45, 2.75) is 82.0 Å². The normalized spacial score (nSPS) is 19.0. The fourth-order valence-electron chi connectivity index (χ4n) is 8.18. The molecule has 50 heavy (non-hydrogen) atoms. The maximum atomic E-state index is 13.7. The lowest BCUT2D eigenvalue weighted by Crippen LogP contribution is -2.53. The van der Waals surface area contributed by atoms with E-state index in [2.05, 4.69) is 27.7 Å². The van der Waals surface area contributed by atoms with Crippen LogP contribution in [0.1, 0.15) is 74.5 Å². The Morgan fingerprint density at radius 3 is 2.04 bits per heavy atom. The average molecular weight is 689 g/mol. The van der Waals surface area contributed by atoms with Gasteiger partial charge in [0.15, 0.2) is 0 Å². The first-order chi connectivity index (χ1) is 24.2. The molecule has 1 unspecified atom stereocenters. The fourth-order valence-corrected chi connectivity index (χ4v) is 8.18. The van der Waals surface area contributed by atoms with Gasteiger partial charge in [-0.05, 0) is 72.9 Å². The molecule has 1 atom stereocenters. The third kappa shape index (κ3) is 7.90. The van der Waals surface area contributed by atoms with E-state index in [1.807, 2.05) is 71.6 Å². The van der Waals surface area contributed by atoms with Gasteiger partial charge in [0.2, 0.25) is 17.7 Å². The van der Waals surface area contributed by atoms with Gasteiger partial charge < -0.3 is 15.5 Å². The molecule has 0 spiro atoms. The molecule has 0 radical (unpaired) electrons. The highest BCUT2D eigenvalue weighted by Crippen LogP contribution is 2.51. The summed E-state index contributed by atoms with van der Waals surface area (Å²) in [6.07, 6.45) is 2.11. The number of hydrogen-bond donors (Lipinski definition) is 2. The van der Waals surface area contributed by atoms with Crippen LogP contribution in [-0.2, 0) is 26.3 Å². The number of hydrogen-bond acceptors (Lipinski definition) is 4. The molecular formula is C40H47F3N4O3. The first-order valence-corrected chi connectivity index (χ1v) is 18.1. The minimum Gasteiger partial charge on any atom is -0.356 e. The smallest absolute Gasteiger partial charge is 0.356 e. The molecule has 10 heteroatoms. The van der Waals surface area contributed by atoms with E-state index in [-0.39, 0.29) is 23.8 Å². The molecular weight excluding hydrogens is 641 g/mol. The van der Waals surface area contributed by atoms with Gasteiger partial charge in [-0.25, -0.2) is 0 Å². The van der Waals surface area contributed by atoms with Gasteiger partial charge in [0, 0.05) is 32.1 Å². The number of piperidine rings is 2. The maximum absolute atomic E-state index is 13.7. The van der Waals surface area contributed by atoms with E-state index >= 15 is 0 Å². The number of nitrogens with zero attached hydrogens (tertiary/aromatic N) is 2. The summed E-state index contributed by atoms with van der Waals surface area (Å²) in [6.45, 7) is 1.93. The van der Waals surface area contributed by atoms with E-state index in [1.54, 1.807) is 0 Å². The molecule has 1 aliphatic carbocycles. The molecule has 266 valence electrons. The Morgan fingerprint density at radius 1 is 0.740 bits per heavy atom. The minimum absolute atomic E-state index is 0.00196. The van der Waals surface area contributed by atoms with Gasteiger partial charge in [-0.2, -0.15) is 13.2 Å². The average Bonchev–Trinajstić information content (AvgIpc) is 3.42. The summed E-state index contributed by atoms with van der Waals surface area (Å²) in [5.41, 5.74) is 3.19. The Bertz CT molecular complexity index is 1590. The molecule has 3 amide bonds. The van der Waals surface area contributed by atoms with Crippen molar-refractivity contribution in [3.05, 3.63) is 95.6 Å². The second-order valence-corrected chi connectivity index (χ2v) is 14.0. The molecule has 7 nitrogen and oxygen atoms in total. The first kappa shape index (κ1) is 35.6. The lowest BCUT2D eigenvalue weighted by molar-refractivity contribution is -0.141. The summed E-state index contributed by atoms with van der Waals surface area (Å²) in [5.74, 6) is -0.602. The second-order valence-electron chi connectivity index (χ2n) is 14.0. The maximum Gasteiger partial charge on any atom is 0.405 e. The first-order valence-electron chi connectivity index (χ1n) is 18.1. The van der Waals surface area contributed by atoms with Crippen LogP contribution in [0.25, 0.3) is 11.1 Å². The van der Waals surface area contributed by atoms with Crippen molar-refractivity contribution in [1.29, 1.82) is 0 Å². The zero-order valence-electron chi connectivity index (χ0n) is 28.5. The van der Waals surface area contributed by atoms with Crippen LogP contribution < -0.4 is 10.6 Å². The van der Waals surface area contributed by atoms with E-state index in [1.165, 1.54) is 5.56 Å². The number of rotatable bonds is 12. The molecule has 2 heterocycles. The number of halogens is 3. The number of benzene rings is 3. The van der Waals surface area contributed by atoms with Gasteiger partial charge in [-0.1, -0.05) is 98.1 Å². The highest BCUT2D eigenvalue weighted by Gasteiger charge is 2.49. The summed E-state index contributed by atoms with van der Waals surface area (Å²) in [7, 11) is 0. The van der Waals surface area contributed by atoms with Gasteiger partial charge in [0.05, 0.1) is 6.04 Å². The van der Waals surface area contributed by atoms with Crippen molar-refractivity contribution in [2.75, 3.05) is 32.7 Å². The van der Waals surface area contributed by atoms with Crippen LogP contribution in [-0.4, -0.2) is 72.5 Å². The second kappa shape index (κ2) is 15.8. The number of nitrogens with one attached hydrogen (secondary N) is 2. The predicted molar refractivity (Wildman–Crippen MR) is 187 cm³/mol. The molecule has 3 aromatic rings. The lowest BCUT2D eigenvalue weighted by atomic mass is 9.73. The highest BCUT2D eigenvalue weighted by molar-refractivity contribution is 6.00. The van der Waals surface area contributed by atoms with Crippen LogP contribution in [0.2, 0.25) is 0 Å². The molecule has 0 saturated carbocycles. The summed E-state index contributed by atoms with van der Waals surface area (Å²) in [5, 5.41) is 5.25. The number of carbonyl (C=O) groups is 3. The molecule has 6 rings (SSSR count). The predicted octanol–water partition coefficient (Wildman–Crippen LogP) is 6.60. The van der Waals surface area contributed by atoms with E-state index in [4.69, 9.17) is 0 Å². The molecule has 2 fully saturated rings. The zero-order chi connectivity index (χ0) is 35.1. The van der Waals surface area contributed by atoms with Crippen molar-refractivity contribution in [1.82, 2.24) is 20.4 Å². The van der Waals surface area contributed by atoms with Crippen LogP contribution in [0.4, 0.5) is 13.2 Å². The Hall–Kier alpha value is -4.18.